The summed E-state index contributed by atoms with van der Waals surface area (Å²) < 4.78 is 56.2. The first-order valence-corrected chi connectivity index (χ1v) is 13.2. The molecule has 4 aromatic rings. The number of aromatic amines is 1. The van der Waals surface area contributed by atoms with Crippen LogP contribution in [-0.4, -0.2) is 46.1 Å². The topological polar surface area (TPSA) is 147 Å². The Bertz CT molecular complexity index is 1610. The molecule has 2 aromatic heterocycles. The number of hydrogen-bond donors (Lipinski definition) is 3. The Morgan fingerprint density at radius 3 is 2.44 bits per heavy atom. The van der Waals surface area contributed by atoms with Gasteiger partial charge in [0.2, 0.25) is 25.7 Å². The zero-order valence-corrected chi connectivity index (χ0v) is 19.7. The van der Waals surface area contributed by atoms with Crippen molar-refractivity contribution in [1.29, 1.82) is 0 Å². The van der Waals surface area contributed by atoms with E-state index >= 15 is 0 Å². The number of anilines is 2. The average Bonchev–Trinajstić information content (AvgIpc) is 3.22. The Balaban J connectivity index is 1.58. The molecule has 0 bridgehead atoms. The molecule has 0 aliphatic rings. The van der Waals surface area contributed by atoms with Crippen molar-refractivity contribution < 1.29 is 26.4 Å². The van der Waals surface area contributed by atoms with Gasteiger partial charge in [-0.3, -0.25) is 9.52 Å². The molecule has 2 heterocycles. The van der Waals surface area contributed by atoms with E-state index in [2.05, 4.69) is 20.0 Å². The summed E-state index contributed by atoms with van der Waals surface area (Å²) in [6.45, 7) is 0. The molecule has 10 nitrogen and oxygen atoms in total. The summed E-state index contributed by atoms with van der Waals surface area (Å²) in [4.78, 5) is 19.7. The highest BCUT2D eigenvalue weighted by molar-refractivity contribution is 7.92. The van der Waals surface area contributed by atoms with Crippen molar-refractivity contribution in [3.8, 4) is 5.88 Å². The van der Waals surface area contributed by atoms with Gasteiger partial charge in [0, 0.05) is 22.7 Å². The first-order valence-electron chi connectivity index (χ1n) is 9.83. The first-order chi connectivity index (χ1) is 16.0. The second-order valence-corrected chi connectivity index (χ2v) is 11.0. The van der Waals surface area contributed by atoms with Crippen molar-refractivity contribution in [1.82, 2.24) is 9.97 Å². The molecule has 0 saturated carbocycles. The Kier molecular flexibility index (Phi) is 6.02. The maximum atomic E-state index is 13.0. The van der Waals surface area contributed by atoms with Crippen molar-refractivity contribution in [2.45, 2.75) is 9.92 Å². The summed E-state index contributed by atoms with van der Waals surface area (Å²) in [6, 6.07) is 16.7. The van der Waals surface area contributed by atoms with Gasteiger partial charge in [-0.2, -0.15) is 0 Å². The molecule has 0 aliphatic heterocycles. The number of nitrogens with one attached hydrogen (secondary N) is 3. The average molecular weight is 501 g/mol. The minimum absolute atomic E-state index is 0.0424. The summed E-state index contributed by atoms with van der Waals surface area (Å²) in [7, 11) is -5.99. The fourth-order valence-corrected chi connectivity index (χ4v) is 5.05. The molecule has 0 atom stereocenters. The van der Waals surface area contributed by atoms with Gasteiger partial charge in [-0.1, -0.05) is 18.2 Å². The van der Waals surface area contributed by atoms with Crippen molar-refractivity contribution in [2.24, 2.45) is 0 Å². The van der Waals surface area contributed by atoms with E-state index in [0.717, 1.165) is 6.26 Å². The van der Waals surface area contributed by atoms with E-state index in [-0.39, 0.29) is 27.2 Å². The van der Waals surface area contributed by atoms with Gasteiger partial charge >= 0.3 is 0 Å². The van der Waals surface area contributed by atoms with Crippen LogP contribution in [0.25, 0.3) is 10.9 Å². The van der Waals surface area contributed by atoms with Crippen LogP contribution in [0.4, 0.5) is 11.4 Å². The Labute approximate surface area is 196 Å². The number of sulfone groups is 1. The standard InChI is InChI=1S/C22H20N4O6S2/c1-32-20-7-4-8-21(25-20)34(30,31)17-6-3-5-15(12-17)23-22(27)19-11-14-9-10-16(13-18(14)24-19)26-33(2,28)29/h3-13,24,26H,1-2H3,(H,23,27). The van der Waals surface area contributed by atoms with Gasteiger partial charge in [0.25, 0.3) is 5.91 Å². The molecule has 1 amide bonds. The Morgan fingerprint density at radius 1 is 0.941 bits per heavy atom. The molecule has 4 rings (SSSR count). The van der Waals surface area contributed by atoms with Gasteiger partial charge < -0.3 is 15.0 Å². The van der Waals surface area contributed by atoms with Crippen LogP contribution in [0.1, 0.15) is 10.5 Å². The van der Waals surface area contributed by atoms with Crippen molar-refractivity contribution in [3.63, 3.8) is 0 Å². The van der Waals surface area contributed by atoms with Crippen molar-refractivity contribution in [2.75, 3.05) is 23.4 Å². The predicted octanol–water partition coefficient (Wildman–Crippen LogP) is 3.03. The molecule has 0 unspecified atom stereocenters. The number of amides is 1. The van der Waals surface area contributed by atoms with Crippen LogP contribution in [0.5, 0.6) is 5.88 Å². The number of carbonyl (C=O) groups is 1. The van der Waals surface area contributed by atoms with Gasteiger partial charge in [-0.15, -0.1) is 0 Å². The summed E-state index contributed by atoms with van der Waals surface area (Å²) in [5.74, 6) is -0.331. The Morgan fingerprint density at radius 2 is 1.71 bits per heavy atom. The maximum Gasteiger partial charge on any atom is 0.272 e. The van der Waals surface area contributed by atoms with Crippen LogP contribution in [0.3, 0.4) is 0 Å². The predicted molar refractivity (Wildman–Crippen MR) is 127 cm³/mol. The zero-order valence-electron chi connectivity index (χ0n) is 18.1. The normalized spacial score (nSPS) is 11.8. The van der Waals surface area contributed by atoms with Gasteiger partial charge in [0.05, 0.1) is 23.9 Å². The number of H-pyrrole nitrogens is 1. The number of aromatic nitrogens is 2. The second kappa shape index (κ2) is 8.80. The molecule has 12 heteroatoms. The first kappa shape index (κ1) is 23.3. The molecule has 0 fully saturated rings. The Hall–Kier alpha value is -3.90. The highest BCUT2D eigenvalue weighted by Crippen LogP contribution is 2.25. The molecule has 34 heavy (non-hydrogen) atoms. The second-order valence-electron chi connectivity index (χ2n) is 7.36. The van der Waals surface area contributed by atoms with Crippen LogP contribution < -0.4 is 14.8 Å². The van der Waals surface area contributed by atoms with Gasteiger partial charge in [-0.05, 0) is 42.5 Å². The highest BCUT2D eigenvalue weighted by atomic mass is 32.2. The summed E-state index contributed by atoms with van der Waals surface area (Å²) in [5.41, 5.74) is 1.40. The zero-order chi connectivity index (χ0) is 24.5. The molecule has 0 spiro atoms. The minimum Gasteiger partial charge on any atom is -0.481 e. The number of nitrogens with zero attached hydrogens (tertiary/aromatic N) is 1. The van der Waals surface area contributed by atoms with E-state index in [1.165, 1.54) is 43.5 Å². The number of benzene rings is 2. The largest absolute Gasteiger partial charge is 0.481 e. The lowest BCUT2D eigenvalue weighted by molar-refractivity contribution is 0.102. The van der Waals surface area contributed by atoms with Crippen LogP contribution in [0, 0.1) is 0 Å². The third-order valence-electron chi connectivity index (χ3n) is 4.76. The number of pyridine rings is 1. The van der Waals surface area contributed by atoms with E-state index in [1.54, 1.807) is 30.3 Å². The third-order valence-corrected chi connectivity index (χ3v) is 7.01. The van der Waals surface area contributed by atoms with Gasteiger partial charge in [0.1, 0.15) is 5.69 Å². The van der Waals surface area contributed by atoms with Crippen LogP contribution >= 0.6 is 0 Å². The monoisotopic (exact) mass is 500 g/mol. The van der Waals surface area contributed by atoms with E-state index in [9.17, 15) is 21.6 Å². The highest BCUT2D eigenvalue weighted by Gasteiger charge is 2.21. The van der Waals surface area contributed by atoms with E-state index < -0.39 is 25.8 Å². The number of methoxy groups -OCH3 is 1. The van der Waals surface area contributed by atoms with Gasteiger partial charge in [-0.25, -0.2) is 21.8 Å². The third kappa shape index (κ3) is 5.02. The lowest BCUT2D eigenvalue weighted by Crippen LogP contribution is -2.13. The molecular formula is C22H20N4O6S2. The van der Waals surface area contributed by atoms with E-state index in [1.807, 2.05) is 0 Å². The number of sulfonamides is 1. The number of carbonyl (C=O) groups excluding carboxylic acids is 1. The van der Waals surface area contributed by atoms with Crippen molar-refractivity contribution >= 4 is 48.0 Å². The fraction of sp³-hybridized carbons (Fsp3) is 0.0909. The smallest absolute Gasteiger partial charge is 0.272 e. The molecule has 0 radical (unpaired) electrons. The summed E-state index contributed by atoms with van der Waals surface area (Å²) in [5, 5.41) is 3.19. The number of fused-ring (bicyclic) bond motifs is 1. The summed E-state index contributed by atoms with van der Waals surface area (Å²) in [6.07, 6.45) is 1.05. The van der Waals surface area contributed by atoms with Gasteiger partial charge in [0.15, 0.2) is 5.03 Å². The molecular weight excluding hydrogens is 480 g/mol. The molecule has 176 valence electrons. The minimum atomic E-state index is -3.94. The lowest BCUT2D eigenvalue weighted by Gasteiger charge is -2.08. The molecule has 0 aliphatic carbocycles. The molecule has 0 saturated heterocycles. The van der Waals surface area contributed by atoms with Crippen LogP contribution in [0.15, 0.2) is 76.7 Å². The van der Waals surface area contributed by atoms with E-state index in [0.29, 0.717) is 16.6 Å². The molecule has 2 aromatic carbocycles. The van der Waals surface area contributed by atoms with Crippen molar-refractivity contribution in [3.05, 3.63) is 72.4 Å². The van der Waals surface area contributed by atoms with E-state index in [4.69, 9.17) is 4.74 Å². The maximum absolute atomic E-state index is 13.0. The van der Waals surface area contributed by atoms with Crippen LogP contribution in [0.2, 0.25) is 0 Å². The number of ether oxygens (including phenoxy) is 1. The molecule has 3 N–H and O–H groups in total. The quantitative estimate of drug-likeness (QED) is 0.353. The summed E-state index contributed by atoms with van der Waals surface area (Å²) >= 11 is 0. The number of rotatable bonds is 7. The lowest BCUT2D eigenvalue weighted by atomic mass is 10.2. The number of hydrogen-bond acceptors (Lipinski definition) is 7. The van der Waals surface area contributed by atoms with Crippen LogP contribution in [-0.2, 0) is 19.9 Å². The SMILES string of the molecule is COc1cccc(S(=O)(=O)c2cccc(NC(=O)c3cc4ccc(NS(C)(=O)=O)cc4[nH]3)c2)n1. The fourth-order valence-electron chi connectivity index (χ4n) is 3.25.